The van der Waals surface area contributed by atoms with Gasteiger partial charge in [0.05, 0.1) is 0 Å². The number of nitrogens with zero attached hydrogens (tertiary/aromatic N) is 1. The first kappa shape index (κ1) is 12.9. The number of aliphatic carboxylic acids is 1. The van der Waals surface area contributed by atoms with Gasteiger partial charge in [0.1, 0.15) is 17.5 Å². The van der Waals surface area contributed by atoms with Crippen LogP contribution < -0.4 is 5.32 Å². The minimum Gasteiger partial charge on any atom is -0.480 e. The number of amides is 1. The van der Waals surface area contributed by atoms with E-state index in [0.29, 0.717) is 11.5 Å². The van der Waals surface area contributed by atoms with Crippen molar-refractivity contribution in [1.29, 1.82) is 0 Å². The molecule has 0 radical (unpaired) electrons. The number of carbonyl (C=O) groups excluding carboxylic acids is 1. The number of carboxylic acids is 1. The SMILES string of the molecule is Cc1ccc(-c2cc(C(=O)N[C@@H](C)C(=O)O)n[nH]2)o1. The largest absolute Gasteiger partial charge is 0.480 e. The first-order chi connectivity index (χ1) is 8.97. The van der Waals surface area contributed by atoms with Gasteiger partial charge in [0.15, 0.2) is 11.5 Å². The monoisotopic (exact) mass is 263 g/mol. The molecule has 2 rings (SSSR count). The number of carbonyl (C=O) groups is 2. The molecule has 0 aliphatic rings. The Bertz CT molecular complexity index is 614. The molecule has 0 aromatic carbocycles. The zero-order valence-corrected chi connectivity index (χ0v) is 10.4. The van der Waals surface area contributed by atoms with E-state index in [2.05, 4.69) is 15.5 Å². The Balaban J connectivity index is 2.13. The molecule has 7 nitrogen and oxygen atoms in total. The summed E-state index contributed by atoms with van der Waals surface area (Å²) in [5.74, 6) is -0.350. The first-order valence-corrected chi connectivity index (χ1v) is 5.63. The second-order valence-electron chi connectivity index (χ2n) is 4.11. The fourth-order valence-electron chi connectivity index (χ4n) is 1.48. The zero-order valence-electron chi connectivity index (χ0n) is 10.4. The molecule has 100 valence electrons. The number of aromatic nitrogens is 2. The van der Waals surface area contributed by atoms with Crippen LogP contribution in [0.2, 0.25) is 0 Å². The van der Waals surface area contributed by atoms with Gasteiger partial charge in [0, 0.05) is 6.07 Å². The summed E-state index contributed by atoms with van der Waals surface area (Å²) in [6.07, 6.45) is 0. The first-order valence-electron chi connectivity index (χ1n) is 5.63. The quantitative estimate of drug-likeness (QED) is 0.767. The van der Waals surface area contributed by atoms with Crippen molar-refractivity contribution in [3.63, 3.8) is 0 Å². The predicted octanol–water partition coefficient (Wildman–Crippen LogP) is 1.18. The molecule has 0 spiro atoms. The molecule has 1 atom stereocenters. The highest BCUT2D eigenvalue weighted by atomic mass is 16.4. The number of nitrogens with one attached hydrogen (secondary N) is 2. The van der Waals surface area contributed by atoms with Crippen LogP contribution in [0.5, 0.6) is 0 Å². The number of carboxylic acid groups (broad SMARTS) is 1. The molecule has 19 heavy (non-hydrogen) atoms. The predicted molar refractivity (Wildman–Crippen MR) is 65.6 cm³/mol. The number of furan rings is 1. The molecule has 0 aliphatic heterocycles. The van der Waals surface area contributed by atoms with Gasteiger partial charge in [-0.2, -0.15) is 5.10 Å². The number of H-pyrrole nitrogens is 1. The lowest BCUT2D eigenvalue weighted by Gasteiger charge is -2.06. The van der Waals surface area contributed by atoms with Crippen molar-refractivity contribution >= 4 is 11.9 Å². The molecule has 1 amide bonds. The molecule has 0 fully saturated rings. The molecule has 0 aliphatic carbocycles. The Morgan fingerprint density at radius 3 is 2.79 bits per heavy atom. The Morgan fingerprint density at radius 1 is 1.47 bits per heavy atom. The van der Waals surface area contributed by atoms with Crippen molar-refractivity contribution in [2.75, 3.05) is 0 Å². The van der Waals surface area contributed by atoms with Gasteiger partial charge in [-0.1, -0.05) is 0 Å². The maximum absolute atomic E-state index is 11.7. The van der Waals surface area contributed by atoms with E-state index < -0.39 is 17.9 Å². The number of aromatic amines is 1. The highest BCUT2D eigenvalue weighted by Gasteiger charge is 2.18. The number of hydrogen-bond donors (Lipinski definition) is 3. The Hall–Kier alpha value is -2.57. The number of hydrogen-bond acceptors (Lipinski definition) is 4. The van der Waals surface area contributed by atoms with Crippen LogP contribution in [0.25, 0.3) is 11.5 Å². The van der Waals surface area contributed by atoms with Crippen molar-refractivity contribution in [2.24, 2.45) is 0 Å². The van der Waals surface area contributed by atoms with E-state index in [4.69, 9.17) is 9.52 Å². The highest BCUT2D eigenvalue weighted by molar-refractivity contribution is 5.95. The van der Waals surface area contributed by atoms with Crippen LogP contribution in [-0.4, -0.2) is 33.2 Å². The van der Waals surface area contributed by atoms with Crippen molar-refractivity contribution in [1.82, 2.24) is 15.5 Å². The average molecular weight is 263 g/mol. The summed E-state index contributed by atoms with van der Waals surface area (Å²) in [6.45, 7) is 3.19. The molecular formula is C12H13N3O4. The van der Waals surface area contributed by atoms with E-state index in [-0.39, 0.29) is 5.69 Å². The van der Waals surface area contributed by atoms with E-state index >= 15 is 0 Å². The normalized spacial score (nSPS) is 12.1. The summed E-state index contributed by atoms with van der Waals surface area (Å²) in [4.78, 5) is 22.4. The van der Waals surface area contributed by atoms with Gasteiger partial charge in [-0.3, -0.25) is 14.7 Å². The second kappa shape index (κ2) is 4.97. The van der Waals surface area contributed by atoms with Crippen molar-refractivity contribution in [3.8, 4) is 11.5 Å². The summed E-state index contributed by atoms with van der Waals surface area (Å²) in [7, 11) is 0. The molecule has 2 aromatic heterocycles. The number of rotatable bonds is 4. The standard InChI is InChI=1S/C12H13N3O4/c1-6-3-4-10(19-6)8-5-9(15-14-8)11(16)13-7(2)12(17)18/h3-5,7H,1-2H3,(H,13,16)(H,14,15)(H,17,18)/t7-/m0/s1. The van der Waals surface area contributed by atoms with Crippen molar-refractivity contribution in [3.05, 3.63) is 29.7 Å². The van der Waals surface area contributed by atoms with E-state index in [9.17, 15) is 9.59 Å². The summed E-state index contributed by atoms with van der Waals surface area (Å²) < 4.78 is 5.38. The fourth-order valence-corrected chi connectivity index (χ4v) is 1.48. The Labute approximate surface area is 108 Å². The molecule has 0 saturated heterocycles. The molecule has 0 saturated carbocycles. The van der Waals surface area contributed by atoms with Crippen LogP contribution >= 0.6 is 0 Å². The fraction of sp³-hybridized carbons (Fsp3) is 0.250. The Kier molecular flexibility index (Phi) is 3.37. The summed E-state index contributed by atoms with van der Waals surface area (Å²) in [6, 6.07) is 4.08. The van der Waals surface area contributed by atoms with Gasteiger partial charge in [0.2, 0.25) is 0 Å². The Morgan fingerprint density at radius 2 is 2.21 bits per heavy atom. The van der Waals surface area contributed by atoms with Gasteiger partial charge >= 0.3 is 5.97 Å². The van der Waals surface area contributed by atoms with Crippen LogP contribution in [0.4, 0.5) is 0 Å². The molecule has 2 heterocycles. The maximum atomic E-state index is 11.7. The van der Waals surface area contributed by atoms with Crippen LogP contribution in [0.15, 0.2) is 22.6 Å². The topological polar surface area (TPSA) is 108 Å². The van der Waals surface area contributed by atoms with E-state index in [1.807, 2.05) is 6.92 Å². The maximum Gasteiger partial charge on any atom is 0.325 e. The molecule has 2 aromatic rings. The average Bonchev–Trinajstić information content (AvgIpc) is 2.96. The van der Waals surface area contributed by atoms with Gasteiger partial charge in [-0.15, -0.1) is 0 Å². The number of aryl methyl sites for hydroxylation is 1. The zero-order chi connectivity index (χ0) is 14.0. The van der Waals surface area contributed by atoms with Gasteiger partial charge in [-0.25, -0.2) is 0 Å². The third-order valence-electron chi connectivity index (χ3n) is 2.53. The van der Waals surface area contributed by atoms with Crippen LogP contribution in [0.3, 0.4) is 0 Å². The van der Waals surface area contributed by atoms with Crippen LogP contribution in [-0.2, 0) is 4.79 Å². The minimum absolute atomic E-state index is 0.108. The van der Waals surface area contributed by atoms with E-state index in [1.165, 1.54) is 13.0 Å². The van der Waals surface area contributed by atoms with Crippen molar-refractivity contribution in [2.45, 2.75) is 19.9 Å². The lowest BCUT2D eigenvalue weighted by molar-refractivity contribution is -0.138. The molecular weight excluding hydrogens is 250 g/mol. The molecule has 0 bridgehead atoms. The molecule has 3 N–H and O–H groups in total. The summed E-state index contributed by atoms with van der Waals surface area (Å²) >= 11 is 0. The van der Waals surface area contributed by atoms with Gasteiger partial charge in [-0.05, 0) is 26.0 Å². The lowest BCUT2D eigenvalue weighted by atomic mass is 10.2. The summed E-state index contributed by atoms with van der Waals surface area (Å²) in [5, 5.41) is 17.5. The van der Waals surface area contributed by atoms with Gasteiger partial charge < -0.3 is 14.8 Å². The third-order valence-corrected chi connectivity index (χ3v) is 2.53. The van der Waals surface area contributed by atoms with Crippen LogP contribution in [0.1, 0.15) is 23.2 Å². The molecule has 0 unspecified atom stereocenters. The minimum atomic E-state index is -1.11. The summed E-state index contributed by atoms with van der Waals surface area (Å²) in [5.41, 5.74) is 0.665. The van der Waals surface area contributed by atoms with E-state index in [0.717, 1.165) is 5.76 Å². The highest BCUT2D eigenvalue weighted by Crippen LogP contribution is 2.20. The van der Waals surface area contributed by atoms with Crippen molar-refractivity contribution < 1.29 is 19.1 Å². The van der Waals surface area contributed by atoms with E-state index in [1.54, 1.807) is 12.1 Å². The van der Waals surface area contributed by atoms with Crippen LogP contribution in [0, 0.1) is 6.92 Å². The van der Waals surface area contributed by atoms with Gasteiger partial charge in [0.25, 0.3) is 5.91 Å². The molecule has 7 heteroatoms. The lowest BCUT2D eigenvalue weighted by Crippen LogP contribution is -2.38. The second-order valence-corrected chi connectivity index (χ2v) is 4.11. The third kappa shape index (κ3) is 2.82. The smallest absolute Gasteiger partial charge is 0.325 e.